The minimum Gasteiger partial charge on any atom is -0.460 e. The summed E-state index contributed by atoms with van der Waals surface area (Å²) in [6.45, 7) is 5.17. The van der Waals surface area contributed by atoms with Gasteiger partial charge in [-0.3, -0.25) is 9.59 Å². The maximum atomic E-state index is 12.9. The number of carbonyl (C=O) groups is 2. The van der Waals surface area contributed by atoms with Gasteiger partial charge < -0.3 is 14.2 Å². The fourth-order valence-corrected chi connectivity index (χ4v) is 4.72. The van der Waals surface area contributed by atoms with Gasteiger partial charge >= 0.3 is 0 Å². The van der Waals surface area contributed by atoms with E-state index < -0.39 is 0 Å². The summed E-state index contributed by atoms with van der Waals surface area (Å²) in [5.74, 6) is 1.29. The van der Waals surface area contributed by atoms with Gasteiger partial charge in [-0.15, -0.1) is 0 Å². The smallest absolute Gasteiger partial charge is 0.246 e. The maximum Gasteiger partial charge on any atom is 0.246 e. The summed E-state index contributed by atoms with van der Waals surface area (Å²) in [6, 6.07) is 7.94. The first-order valence-corrected chi connectivity index (χ1v) is 11.4. The van der Waals surface area contributed by atoms with E-state index in [4.69, 9.17) is 4.42 Å². The van der Waals surface area contributed by atoms with Crippen LogP contribution in [0.2, 0.25) is 0 Å². The molecule has 2 amide bonds. The van der Waals surface area contributed by atoms with Crippen LogP contribution in [0.25, 0.3) is 17.0 Å². The number of piperidine rings is 1. The third-order valence-corrected chi connectivity index (χ3v) is 6.50. The van der Waals surface area contributed by atoms with Gasteiger partial charge in [0.15, 0.2) is 0 Å². The Morgan fingerprint density at radius 2 is 1.70 bits per heavy atom. The number of carbonyl (C=O) groups excluding carboxylic acids is 2. The number of hydrogen-bond acceptors (Lipinski definition) is 3. The second-order valence-electron chi connectivity index (χ2n) is 8.46. The second-order valence-corrected chi connectivity index (χ2v) is 8.46. The summed E-state index contributed by atoms with van der Waals surface area (Å²) in [5, 5.41) is 1.04. The topological polar surface area (TPSA) is 53.8 Å². The van der Waals surface area contributed by atoms with E-state index in [2.05, 4.69) is 11.8 Å². The summed E-state index contributed by atoms with van der Waals surface area (Å²) < 4.78 is 5.91. The zero-order valence-corrected chi connectivity index (χ0v) is 17.9. The quantitative estimate of drug-likeness (QED) is 0.692. The number of likely N-dealkylation sites (tertiary alicyclic amines) is 2. The van der Waals surface area contributed by atoms with Gasteiger partial charge in [-0.2, -0.15) is 0 Å². The molecule has 0 atom stereocenters. The van der Waals surface area contributed by atoms with E-state index in [1.54, 1.807) is 6.08 Å². The van der Waals surface area contributed by atoms with E-state index in [1.165, 1.54) is 12.8 Å². The van der Waals surface area contributed by atoms with E-state index >= 15 is 0 Å². The molecule has 5 heteroatoms. The first-order chi connectivity index (χ1) is 14.7. The van der Waals surface area contributed by atoms with Crippen LogP contribution >= 0.6 is 0 Å². The van der Waals surface area contributed by atoms with E-state index in [9.17, 15) is 9.59 Å². The van der Waals surface area contributed by atoms with Crippen molar-refractivity contribution in [3.63, 3.8) is 0 Å². The van der Waals surface area contributed by atoms with Crippen LogP contribution in [0, 0.1) is 5.92 Å². The number of hydrogen-bond donors (Lipinski definition) is 0. The highest BCUT2D eigenvalue weighted by Crippen LogP contribution is 2.28. The highest BCUT2D eigenvalue weighted by Gasteiger charge is 2.30. The van der Waals surface area contributed by atoms with Crippen molar-refractivity contribution in [2.24, 2.45) is 5.92 Å². The Labute approximate surface area is 178 Å². The van der Waals surface area contributed by atoms with Crippen molar-refractivity contribution >= 4 is 28.9 Å². The molecule has 0 spiro atoms. The summed E-state index contributed by atoms with van der Waals surface area (Å²) >= 11 is 0. The maximum absolute atomic E-state index is 12.9. The summed E-state index contributed by atoms with van der Waals surface area (Å²) in [6.07, 6.45) is 10.6. The third-order valence-electron chi connectivity index (χ3n) is 6.50. The highest BCUT2D eigenvalue weighted by atomic mass is 16.3. The molecule has 0 unspecified atom stereocenters. The van der Waals surface area contributed by atoms with Gasteiger partial charge in [0, 0.05) is 55.5 Å². The number of aryl methyl sites for hydroxylation is 1. The minimum atomic E-state index is 0.0167. The molecule has 30 heavy (non-hydrogen) atoms. The van der Waals surface area contributed by atoms with E-state index in [0.29, 0.717) is 19.0 Å². The molecule has 0 saturated carbocycles. The number of amides is 2. The predicted octanol–water partition coefficient (Wildman–Crippen LogP) is 4.65. The number of nitrogens with zero attached hydrogens (tertiary/aromatic N) is 2. The van der Waals surface area contributed by atoms with Gasteiger partial charge in [0.1, 0.15) is 11.3 Å². The molecule has 0 bridgehead atoms. The minimum absolute atomic E-state index is 0.0167. The van der Waals surface area contributed by atoms with Gasteiger partial charge in [0.2, 0.25) is 11.8 Å². The summed E-state index contributed by atoms with van der Waals surface area (Å²) in [5.41, 5.74) is 1.85. The highest BCUT2D eigenvalue weighted by molar-refractivity contribution is 5.96. The van der Waals surface area contributed by atoms with Crippen LogP contribution in [0.4, 0.5) is 0 Å². The Kier molecular flexibility index (Phi) is 6.56. The zero-order chi connectivity index (χ0) is 20.9. The van der Waals surface area contributed by atoms with Crippen LogP contribution in [0.3, 0.4) is 0 Å². The molecule has 1 aromatic carbocycles. The average molecular weight is 409 g/mol. The SMILES string of the molecule is CCc1oc2ccccc2c1/C=C/C(=O)N1CCC(C(=O)N2CCCCCC2)CC1. The zero-order valence-electron chi connectivity index (χ0n) is 17.9. The first kappa shape index (κ1) is 20.7. The van der Waals surface area contributed by atoms with Crippen LogP contribution < -0.4 is 0 Å². The molecule has 5 nitrogen and oxygen atoms in total. The van der Waals surface area contributed by atoms with Gasteiger partial charge in [0.05, 0.1) is 0 Å². The summed E-state index contributed by atoms with van der Waals surface area (Å²) in [4.78, 5) is 29.6. The molecular weight excluding hydrogens is 376 g/mol. The molecule has 4 rings (SSSR count). The molecule has 0 radical (unpaired) electrons. The first-order valence-electron chi connectivity index (χ1n) is 11.4. The van der Waals surface area contributed by atoms with Crippen LogP contribution in [-0.4, -0.2) is 47.8 Å². The van der Waals surface area contributed by atoms with E-state index in [-0.39, 0.29) is 11.8 Å². The molecule has 2 fully saturated rings. The Balaban J connectivity index is 1.36. The van der Waals surface area contributed by atoms with Gasteiger partial charge in [-0.1, -0.05) is 38.0 Å². The van der Waals surface area contributed by atoms with E-state index in [1.807, 2.05) is 35.2 Å². The number of rotatable bonds is 4. The van der Waals surface area contributed by atoms with Crippen LogP contribution in [0.5, 0.6) is 0 Å². The van der Waals surface area contributed by atoms with Crippen molar-refractivity contribution in [2.75, 3.05) is 26.2 Å². The van der Waals surface area contributed by atoms with Gasteiger partial charge in [0.25, 0.3) is 0 Å². The van der Waals surface area contributed by atoms with E-state index in [0.717, 1.165) is 67.5 Å². The molecule has 2 aromatic rings. The Bertz CT molecular complexity index is 914. The average Bonchev–Trinajstić information content (AvgIpc) is 2.94. The molecule has 160 valence electrons. The van der Waals surface area contributed by atoms with Crippen LogP contribution in [0.15, 0.2) is 34.8 Å². The van der Waals surface area contributed by atoms with Gasteiger partial charge in [-0.05, 0) is 37.8 Å². The Morgan fingerprint density at radius 1 is 1.00 bits per heavy atom. The van der Waals surface area contributed by atoms with Crippen molar-refractivity contribution in [1.82, 2.24) is 9.80 Å². The molecule has 3 heterocycles. The number of para-hydroxylation sites is 1. The number of fused-ring (bicyclic) bond motifs is 1. The lowest BCUT2D eigenvalue weighted by molar-refractivity contribution is -0.139. The fraction of sp³-hybridized carbons (Fsp3) is 0.520. The normalized spacial score (nSPS) is 18.8. The standard InChI is InChI=1S/C25H32N2O3/c1-2-22-21(20-9-5-6-10-23(20)30-22)11-12-24(28)26-17-13-19(14-18-26)25(29)27-15-7-3-4-8-16-27/h5-6,9-12,19H,2-4,7-8,13-18H2,1H3/b12-11+. The van der Waals surface area contributed by atoms with Crippen LogP contribution in [0.1, 0.15) is 56.8 Å². The lowest BCUT2D eigenvalue weighted by Crippen LogP contribution is -2.44. The molecule has 2 aliphatic heterocycles. The summed E-state index contributed by atoms with van der Waals surface area (Å²) in [7, 11) is 0. The van der Waals surface area contributed by atoms with Gasteiger partial charge in [-0.25, -0.2) is 0 Å². The predicted molar refractivity (Wildman–Crippen MR) is 119 cm³/mol. The molecule has 1 aromatic heterocycles. The molecule has 2 aliphatic rings. The molecule has 0 aliphatic carbocycles. The van der Waals surface area contributed by atoms with Crippen molar-refractivity contribution in [3.05, 3.63) is 41.7 Å². The largest absolute Gasteiger partial charge is 0.460 e. The lowest BCUT2D eigenvalue weighted by Gasteiger charge is -2.33. The van der Waals surface area contributed by atoms with Crippen molar-refractivity contribution in [1.29, 1.82) is 0 Å². The Hall–Kier alpha value is -2.56. The molecular formula is C25H32N2O3. The number of furan rings is 1. The van der Waals surface area contributed by atoms with Crippen molar-refractivity contribution < 1.29 is 14.0 Å². The van der Waals surface area contributed by atoms with Crippen molar-refractivity contribution in [3.8, 4) is 0 Å². The lowest BCUT2D eigenvalue weighted by atomic mass is 9.95. The molecule has 0 N–H and O–H groups in total. The molecule has 2 saturated heterocycles. The second kappa shape index (κ2) is 9.50. The monoisotopic (exact) mass is 408 g/mol. The number of benzene rings is 1. The van der Waals surface area contributed by atoms with Crippen LogP contribution in [-0.2, 0) is 16.0 Å². The fourth-order valence-electron chi connectivity index (χ4n) is 4.72. The Morgan fingerprint density at radius 3 is 2.40 bits per heavy atom. The third kappa shape index (κ3) is 4.45. The van der Waals surface area contributed by atoms with Crippen molar-refractivity contribution in [2.45, 2.75) is 51.9 Å².